The maximum atomic E-state index is 10.8. The van der Waals surface area contributed by atoms with Crippen LogP contribution in [0.2, 0.25) is 5.28 Å². The SMILES string of the molecule is O=[N+]([O-])c1cc(Br)c(Oc2nc(Cl)ncc2Br)c(Br)c1. The zero-order chi connectivity index (χ0) is 14.9. The zero-order valence-electron chi connectivity index (χ0n) is 9.31. The summed E-state index contributed by atoms with van der Waals surface area (Å²) in [6.45, 7) is 0. The summed E-state index contributed by atoms with van der Waals surface area (Å²) in [6.07, 6.45) is 1.44. The van der Waals surface area contributed by atoms with Crippen molar-refractivity contribution in [3.63, 3.8) is 0 Å². The summed E-state index contributed by atoms with van der Waals surface area (Å²) in [4.78, 5) is 17.9. The average molecular weight is 488 g/mol. The first-order chi connectivity index (χ1) is 9.38. The molecule has 0 saturated heterocycles. The third-order valence-electron chi connectivity index (χ3n) is 2.08. The van der Waals surface area contributed by atoms with Crippen molar-refractivity contribution in [1.82, 2.24) is 9.97 Å². The summed E-state index contributed by atoms with van der Waals surface area (Å²) < 4.78 is 6.89. The molecule has 0 unspecified atom stereocenters. The van der Waals surface area contributed by atoms with Gasteiger partial charge in [0.25, 0.3) is 5.69 Å². The Balaban J connectivity index is 2.44. The molecule has 2 rings (SSSR count). The second kappa shape index (κ2) is 6.33. The Labute approximate surface area is 143 Å². The van der Waals surface area contributed by atoms with Crippen LogP contribution in [0.5, 0.6) is 11.6 Å². The number of aromatic nitrogens is 2. The highest BCUT2D eigenvalue weighted by atomic mass is 79.9. The largest absolute Gasteiger partial charge is 0.435 e. The number of nitrogens with zero attached hydrogens (tertiary/aromatic N) is 3. The predicted octanol–water partition coefficient (Wildman–Crippen LogP) is 5.12. The number of halogens is 4. The first-order valence-corrected chi connectivity index (χ1v) is 7.63. The number of nitro benzene ring substituents is 1. The van der Waals surface area contributed by atoms with E-state index in [0.717, 1.165) is 0 Å². The van der Waals surface area contributed by atoms with Crippen LogP contribution in [0.3, 0.4) is 0 Å². The maximum Gasteiger partial charge on any atom is 0.271 e. The normalized spacial score (nSPS) is 10.4. The van der Waals surface area contributed by atoms with Gasteiger partial charge >= 0.3 is 0 Å². The molecule has 0 aliphatic rings. The van der Waals surface area contributed by atoms with Gasteiger partial charge in [0.15, 0.2) is 5.75 Å². The van der Waals surface area contributed by atoms with Crippen LogP contribution in [0.4, 0.5) is 5.69 Å². The molecule has 0 radical (unpaired) electrons. The Morgan fingerprint density at radius 1 is 1.20 bits per heavy atom. The van der Waals surface area contributed by atoms with E-state index < -0.39 is 4.92 Å². The number of benzene rings is 1. The third-order valence-corrected chi connectivity index (χ3v) is 3.98. The molecule has 0 bridgehead atoms. The molecule has 0 saturated carbocycles. The lowest BCUT2D eigenvalue weighted by Crippen LogP contribution is -1.95. The number of rotatable bonds is 3. The van der Waals surface area contributed by atoms with E-state index in [1.807, 2.05) is 0 Å². The third kappa shape index (κ3) is 3.46. The molecule has 0 N–H and O–H groups in total. The fourth-order valence-electron chi connectivity index (χ4n) is 1.25. The van der Waals surface area contributed by atoms with Crippen molar-refractivity contribution < 1.29 is 9.66 Å². The Hall–Kier alpha value is -0.770. The van der Waals surface area contributed by atoms with Crippen molar-refractivity contribution in [2.45, 2.75) is 0 Å². The molecule has 2 aromatic rings. The van der Waals surface area contributed by atoms with Gasteiger partial charge in [-0.25, -0.2) is 4.98 Å². The molecule has 20 heavy (non-hydrogen) atoms. The lowest BCUT2D eigenvalue weighted by atomic mass is 10.3. The molecule has 6 nitrogen and oxygen atoms in total. The first-order valence-electron chi connectivity index (χ1n) is 4.88. The second-order valence-electron chi connectivity index (χ2n) is 3.39. The van der Waals surface area contributed by atoms with Crippen LogP contribution in [-0.2, 0) is 0 Å². The molecular weight excluding hydrogens is 485 g/mol. The highest BCUT2D eigenvalue weighted by Gasteiger charge is 2.17. The summed E-state index contributed by atoms with van der Waals surface area (Å²) in [7, 11) is 0. The highest BCUT2D eigenvalue weighted by Crippen LogP contribution is 2.40. The standard InChI is InChI=1S/C10H3Br3ClN3O3/c11-5-1-4(17(18)19)2-6(12)8(5)20-9-7(13)3-15-10(14)16-9/h1-3H. The maximum absolute atomic E-state index is 10.8. The molecule has 0 atom stereocenters. The van der Waals surface area contributed by atoms with Crippen LogP contribution in [-0.4, -0.2) is 14.9 Å². The van der Waals surface area contributed by atoms with Gasteiger partial charge in [-0.2, -0.15) is 4.98 Å². The van der Waals surface area contributed by atoms with Crippen molar-refractivity contribution in [3.05, 3.63) is 47.1 Å². The molecule has 1 aromatic heterocycles. The smallest absolute Gasteiger partial charge is 0.271 e. The van der Waals surface area contributed by atoms with Gasteiger partial charge in [-0.1, -0.05) is 0 Å². The molecule has 1 aromatic carbocycles. The molecule has 104 valence electrons. The fraction of sp³-hybridized carbons (Fsp3) is 0. The summed E-state index contributed by atoms with van der Waals surface area (Å²) in [5.74, 6) is 0.534. The van der Waals surface area contributed by atoms with E-state index in [2.05, 4.69) is 57.8 Å². The van der Waals surface area contributed by atoms with Crippen LogP contribution in [0, 0.1) is 10.1 Å². The van der Waals surface area contributed by atoms with Crippen molar-refractivity contribution in [2.24, 2.45) is 0 Å². The average Bonchev–Trinajstić information content (AvgIpc) is 2.37. The Morgan fingerprint density at radius 2 is 1.80 bits per heavy atom. The van der Waals surface area contributed by atoms with E-state index >= 15 is 0 Å². The number of ether oxygens (including phenoxy) is 1. The lowest BCUT2D eigenvalue weighted by Gasteiger charge is -2.10. The van der Waals surface area contributed by atoms with Gasteiger partial charge in [0.05, 0.1) is 18.3 Å². The summed E-state index contributed by atoms with van der Waals surface area (Å²) in [6, 6.07) is 2.66. The van der Waals surface area contributed by atoms with Gasteiger partial charge < -0.3 is 4.74 Å². The van der Waals surface area contributed by atoms with Crippen molar-refractivity contribution in [1.29, 1.82) is 0 Å². The topological polar surface area (TPSA) is 78.2 Å². The number of hydrogen-bond acceptors (Lipinski definition) is 5. The molecule has 0 spiro atoms. The van der Waals surface area contributed by atoms with Gasteiger partial charge in [0.2, 0.25) is 11.2 Å². The molecule has 0 aliphatic heterocycles. The van der Waals surface area contributed by atoms with E-state index in [1.165, 1.54) is 18.3 Å². The van der Waals surface area contributed by atoms with Crippen molar-refractivity contribution in [3.8, 4) is 11.6 Å². The molecular formula is C10H3Br3ClN3O3. The van der Waals surface area contributed by atoms with Crippen LogP contribution < -0.4 is 4.74 Å². The second-order valence-corrected chi connectivity index (χ2v) is 6.29. The Bertz CT molecular complexity index is 676. The fourth-order valence-corrected chi connectivity index (χ4v) is 2.97. The zero-order valence-corrected chi connectivity index (χ0v) is 14.8. The molecule has 1 heterocycles. The lowest BCUT2D eigenvalue weighted by molar-refractivity contribution is -0.385. The van der Waals surface area contributed by atoms with E-state index in [0.29, 0.717) is 19.2 Å². The molecule has 0 aliphatic carbocycles. The van der Waals surface area contributed by atoms with Gasteiger partial charge in [0.1, 0.15) is 0 Å². The van der Waals surface area contributed by atoms with E-state index in [4.69, 9.17) is 16.3 Å². The van der Waals surface area contributed by atoms with Crippen LogP contribution in [0.25, 0.3) is 0 Å². The summed E-state index contributed by atoms with van der Waals surface area (Å²) >= 11 is 15.4. The molecule has 0 fully saturated rings. The van der Waals surface area contributed by atoms with E-state index in [9.17, 15) is 10.1 Å². The number of hydrogen-bond donors (Lipinski definition) is 0. The molecule has 10 heteroatoms. The quantitative estimate of drug-likeness (QED) is 0.341. The van der Waals surface area contributed by atoms with Gasteiger partial charge in [-0.05, 0) is 59.4 Å². The number of non-ortho nitro benzene ring substituents is 1. The monoisotopic (exact) mass is 485 g/mol. The predicted molar refractivity (Wildman–Crippen MR) is 83.3 cm³/mol. The van der Waals surface area contributed by atoms with Crippen molar-refractivity contribution >= 4 is 65.1 Å². The van der Waals surface area contributed by atoms with Gasteiger partial charge in [-0.3, -0.25) is 10.1 Å². The first kappa shape index (κ1) is 15.6. The minimum absolute atomic E-state index is 0.0253. The van der Waals surface area contributed by atoms with E-state index in [1.54, 1.807) is 0 Å². The summed E-state index contributed by atoms with van der Waals surface area (Å²) in [5, 5.41) is 10.8. The summed E-state index contributed by atoms with van der Waals surface area (Å²) in [5.41, 5.74) is -0.0733. The number of nitro groups is 1. The minimum atomic E-state index is -0.503. The Kier molecular flexibility index (Phi) is 4.95. The van der Waals surface area contributed by atoms with E-state index in [-0.39, 0.29) is 16.9 Å². The van der Waals surface area contributed by atoms with Gasteiger partial charge in [0, 0.05) is 18.3 Å². The highest BCUT2D eigenvalue weighted by molar-refractivity contribution is 9.11. The van der Waals surface area contributed by atoms with Crippen molar-refractivity contribution in [2.75, 3.05) is 0 Å². The Morgan fingerprint density at radius 3 is 2.35 bits per heavy atom. The molecule has 0 amide bonds. The van der Waals surface area contributed by atoms with Crippen LogP contribution in [0.1, 0.15) is 0 Å². The van der Waals surface area contributed by atoms with Crippen LogP contribution >= 0.6 is 59.4 Å². The van der Waals surface area contributed by atoms with Crippen LogP contribution in [0.15, 0.2) is 31.7 Å². The minimum Gasteiger partial charge on any atom is -0.435 e. The van der Waals surface area contributed by atoms with Gasteiger partial charge in [-0.15, -0.1) is 0 Å².